The third-order valence-corrected chi connectivity index (χ3v) is 3.43. The third kappa shape index (κ3) is 2.35. The second kappa shape index (κ2) is 5.27. The molecule has 0 aliphatic rings. The van der Waals surface area contributed by atoms with E-state index in [2.05, 4.69) is 9.97 Å². The number of rotatable bonds is 3. The molecule has 6 nitrogen and oxygen atoms in total. The van der Waals surface area contributed by atoms with Gasteiger partial charge in [0.15, 0.2) is 0 Å². The summed E-state index contributed by atoms with van der Waals surface area (Å²) in [6.45, 7) is 1.99. The summed E-state index contributed by atoms with van der Waals surface area (Å²) in [4.78, 5) is 8.18. The van der Waals surface area contributed by atoms with Gasteiger partial charge in [0, 0.05) is 29.6 Å². The fourth-order valence-electron chi connectivity index (χ4n) is 2.52. The minimum atomic E-state index is -0.573. The van der Waals surface area contributed by atoms with Crippen molar-refractivity contribution in [1.82, 2.24) is 14.5 Å². The highest BCUT2D eigenvalue weighted by Crippen LogP contribution is 2.34. The van der Waals surface area contributed by atoms with Gasteiger partial charge in [0.1, 0.15) is 23.6 Å². The number of nitrogens with zero attached hydrogens (tertiary/aromatic N) is 3. The number of hydrogen-bond donors (Lipinski definition) is 3. The van der Waals surface area contributed by atoms with Gasteiger partial charge in [0.25, 0.3) is 0 Å². The van der Waals surface area contributed by atoms with Crippen molar-refractivity contribution in [3.05, 3.63) is 36.5 Å². The summed E-state index contributed by atoms with van der Waals surface area (Å²) in [5.41, 5.74) is 13.4. The Kier molecular flexibility index (Phi) is 3.42. The summed E-state index contributed by atoms with van der Waals surface area (Å²) >= 11 is 0. The van der Waals surface area contributed by atoms with Crippen molar-refractivity contribution < 1.29 is 9.50 Å². The molecule has 3 rings (SSSR count). The van der Waals surface area contributed by atoms with Crippen LogP contribution in [-0.4, -0.2) is 25.7 Å². The first-order chi connectivity index (χ1) is 10.5. The second-order valence-corrected chi connectivity index (χ2v) is 5.24. The molecule has 0 radical (unpaired) electrons. The van der Waals surface area contributed by atoms with E-state index < -0.39 is 11.9 Å². The molecule has 0 aliphatic carbocycles. The molecule has 3 aromatic rings. The third-order valence-electron chi connectivity index (χ3n) is 3.43. The van der Waals surface area contributed by atoms with E-state index in [1.165, 1.54) is 12.4 Å². The van der Waals surface area contributed by atoms with E-state index in [1.54, 1.807) is 29.8 Å². The highest BCUT2D eigenvalue weighted by atomic mass is 19.1. The first kappa shape index (κ1) is 14.3. The number of fused-ring (bicyclic) bond motifs is 1. The van der Waals surface area contributed by atoms with Crippen LogP contribution >= 0.6 is 0 Å². The van der Waals surface area contributed by atoms with Gasteiger partial charge in [-0.1, -0.05) is 0 Å². The molecule has 0 amide bonds. The maximum absolute atomic E-state index is 14.2. The molecule has 0 spiro atoms. The molecule has 5 N–H and O–H groups in total. The van der Waals surface area contributed by atoms with Gasteiger partial charge >= 0.3 is 0 Å². The minimum absolute atomic E-state index is 0.264. The number of aromatic nitrogens is 3. The molecule has 1 aromatic carbocycles. The molecule has 0 aliphatic heterocycles. The van der Waals surface area contributed by atoms with Crippen molar-refractivity contribution in [2.24, 2.45) is 0 Å². The number of hydrogen-bond acceptors (Lipinski definition) is 5. The number of nitrogens with two attached hydrogens (primary N) is 2. The zero-order chi connectivity index (χ0) is 15.9. The predicted molar refractivity (Wildman–Crippen MR) is 83.4 cm³/mol. The van der Waals surface area contributed by atoms with Crippen LogP contribution in [0.4, 0.5) is 15.9 Å². The van der Waals surface area contributed by atoms with E-state index in [9.17, 15) is 9.50 Å². The van der Waals surface area contributed by atoms with Crippen LogP contribution in [0.25, 0.3) is 22.2 Å². The maximum atomic E-state index is 14.2. The summed E-state index contributed by atoms with van der Waals surface area (Å²) in [5.74, 6) is -0.181. The summed E-state index contributed by atoms with van der Waals surface area (Å²) < 4.78 is 16.0. The van der Waals surface area contributed by atoms with Crippen LogP contribution in [0.5, 0.6) is 0 Å². The van der Waals surface area contributed by atoms with E-state index in [-0.39, 0.29) is 5.82 Å². The number of anilines is 2. The highest BCUT2D eigenvalue weighted by molar-refractivity contribution is 6.00. The summed E-state index contributed by atoms with van der Waals surface area (Å²) in [6, 6.07) is 4.47. The van der Waals surface area contributed by atoms with Crippen LogP contribution in [0.15, 0.2) is 30.7 Å². The second-order valence-electron chi connectivity index (χ2n) is 5.24. The van der Waals surface area contributed by atoms with Gasteiger partial charge in [0.05, 0.1) is 11.5 Å². The van der Waals surface area contributed by atoms with Crippen molar-refractivity contribution >= 4 is 22.5 Å². The fourth-order valence-corrected chi connectivity index (χ4v) is 2.52. The SMILES string of the molecule is C[C@H](O)Cn1cc(-c2ccc(N)cc2F)c2c(N)ncnc21. The van der Waals surface area contributed by atoms with Gasteiger partial charge in [-0.05, 0) is 25.1 Å². The fraction of sp³-hybridized carbons (Fsp3) is 0.200. The summed E-state index contributed by atoms with van der Waals surface area (Å²) in [5, 5.41) is 10.2. The van der Waals surface area contributed by atoms with Crippen LogP contribution < -0.4 is 11.5 Å². The molecular formula is C15H16FN5O. The first-order valence-electron chi connectivity index (χ1n) is 6.80. The molecule has 22 heavy (non-hydrogen) atoms. The van der Waals surface area contributed by atoms with E-state index in [0.29, 0.717) is 34.4 Å². The number of benzene rings is 1. The zero-order valence-electron chi connectivity index (χ0n) is 12.0. The quantitative estimate of drug-likeness (QED) is 0.640. The standard InChI is InChI=1S/C15H16FN5O/c1-8(22)5-21-6-11(10-3-2-9(17)4-12(10)16)13-14(18)19-7-20-15(13)21/h2-4,6-8,22H,5,17H2,1H3,(H2,18,19,20)/t8-/m0/s1. The topological polar surface area (TPSA) is 103 Å². The first-order valence-corrected chi connectivity index (χ1v) is 6.80. The molecule has 0 bridgehead atoms. The van der Waals surface area contributed by atoms with Crippen LogP contribution in [0.3, 0.4) is 0 Å². The molecule has 0 saturated carbocycles. The average Bonchev–Trinajstić information content (AvgIpc) is 2.78. The molecular weight excluding hydrogens is 285 g/mol. The Labute approximate surface area is 126 Å². The zero-order valence-corrected chi connectivity index (χ0v) is 12.0. The molecule has 114 valence electrons. The van der Waals surface area contributed by atoms with Crippen molar-refractivity contribution in [3.63, 3.8) is 0 Å². The molecule has 2 heterocycles. The van der Waals surface area contributed by atoms with Gasteiger partial charge in [-0.2, -0.15) is 0 Å². The lowest BCUT2D eigenvalue weighted by molar-refractivity contribution is 0.175. The lowest BCUT2D eigenvalue weighted by Crippen LogP contribution is -2.11. The molecule has 7 heteroatoms. The highest BCUT2D eigenvalue weighted by Gasteiger charge is 2.18. The lowest BCUT2D eigenvalue weighted by atomic mass is 10.1. The van der Waals surface area contributed by atoms with E-state index in [0.717, 1.165) is 0 Å². The molecule has 2 aromatic heterocycles. The van der Waals surface area contributed by atoms with Gasteiger partial charge in [0.2, 0.25) is 0 Å². The van der Waals surface area contributed by atoms with Crippen molar-refractivity contribution in [2.45, 2.75) is 19.6 Å². The Morgan fingerprint density at radius 1 is 1.27 bits per heavy atom. The Morgan fingerprint density at radius 2 is 2.05 bits per heavy atom. The minimum Gasteiger partial charge on any atom is -0.399 e. The van der Waals surface area contributed by atoms with E-state index in [1.807, 2.05) is 0 Å². The number of aliphatic hydroxyl groups excluding tert-OH is 1. The van der Waals surface area contributed by atoms with Crippen molar-refractivity contribution in [2.75, 3.05) is 11.5 Å². The number of aliphatic hydroxyl groups is 1. The largest absolute Gasteiger partial charge is 0.399 e. The van der Waals surface area contributed by atoms with Gasteiger partial charge in [-0.25, -0.2) is 14.4 Å². The Morgan fingerprint density at radius 3 is 2.73 bits per heavy atom. The summed E-state index contributed by atoms with van der Waals surface area (Å²) in [7, 11) is 0. The average molecular weight is 301 g/mol. The van der Waals surface area contributed by atoms with Gasteiger partial charge < -0.3 is 21.1 Å². The number of nitrogen functional groups attached to an aromatic ring is 2. The monoisotopic (exact) mass is 301 g/mol. The Hall–Kier alpha value is -2.67. The van der Waals surface area contributed by atoms with E-state index >= 15 is 0 Å². The van der Waals surface area contributed by atoms with Crippen LogP contribution in [0.1, 0.15) is 6.92 Å². The summed E-state index contributed by atoms with van der Waals surface area (Å²) in [6.07, 6.45) is 2.49. The van der Waals surface area contributed by atoms with Gasteiger partial charge in [-0.3, -0.25) is 0 Å². The van der Waals surface area contributed by atoms with Gasteiger partial charge in [-0.15, -0.1) is 0 Å². The van der Waals surface area contributed by atoms with Crippen LogP contribution in [-0.2, 0) is 6.54 Å². The Bertz CT molecular complexity index is 843. The Balaban J connectivity index is 2.29. The predicted octanol–water partition coefficient (Wildman–Crippen LogP) is 1.78. The molecule has 0 unspecified atom stereocenters. The smallest absolute Gasteiger partial charge is 0.146 e. The molecule has 0 saturated heterocycles. The van der Waals surface area contributed by atoms with Crippen LogP contribution in [0.2, 0.25) is 0 Å². The molecule has 1 atom stereocenters. The normalized spacial score (nSPS) is 12.7. The maximum Gasteiger partial charge on any atom is 0.146 e. The number of halogens is 1. The van der Waals surface area contributed by atoms with E-state index in [4.69, 9.17) is 11.5 Å². The van der Waals surface area contributed by atoms with Crippen molar-refractivity contribution in [1.29, 1.82) is 0 Å². The lowest BCUT2D eigenvalue weighted by Gasteiger charge is -2.06. The molecule has 0 fully saturated rings. The van der Waals surface area contributed by atoms with Crippen molar-refractivity contribution in [3.8, 4) is 11.1 Å². The van der Waals surface area contributed by atoms with Crippen LogP contribution in [0, 0.1) is 5.82 Å².